The van der Waals surface area contributed by atoms with Crippen LogP contribution in [0.5, 0.6) is 11.8 Å². The molecule has 0 radical (unpaired) electrons. The fraction of sp³-hybridized carbons (Fsp3) is 0. The van der Waals surface area contributed by atoms with Crippen LogP contribution in [0, 0.1) is 0 Å². The standard InChI is InChI=1S/C19H13N3O2S/c23-18(17-12-13-4-1-2-5-16(13)25-17)22-14-6-8-15(9-7-14)24-19-20-10-3-11-21-19/h1-12H,(H,22,23). The smallest absolute Gasteiger partial charge is 0.321 e. The summed E-state index contributed by atoms with van der Waals surface area (Å²) in [4.78, 5) is 21.1. The van der Waals surface area contributed by atoms with Gasteiger partial charge in [0.1, 0.15) is 5.75 Å². The summed E-state index contributed by atoms with van der Waals surface area (Å²) in [6.45, 7) is 0. The van der Waals surface area contributed by atoms with E-state index in [1.54, 1.807) is 42.7 Å². The zero-order valence-electron chi connectivity index (χ0n) is 13.0. The van der Waals surface area contributed by atoms with Crippen molar-refractivity contribution in [3.63, 3.8) is 0 Å². The van der Waals surface area contributed by atoms with Crippen LogP contribution < -0.4 is 10.1 Å². The Morgan fingerprint density at radius 2 is 1.72 bits per heavy atom. The molecule has 2 aromatic heterocycles. The Hall–Kier alpha value is -3.25. The first-order chi connectivity index (χ1) is 12.3. The Labute approximate surface area is 147 Å². The fourth-order valence-electron chi connectivity index (χ4n) is 2.34. The van der Waals surface area contributed by atoms with E-state index in [0.29, 0.717) is 16.3 Å². The first-order valence-corrected chi connectivity index (χ1v) is 8.44. The Bertz CT molecular complexity index is 981. The highest BCUT2D eigenvalue weighted by atomic mass is 32.1. The molecule has 5 nitrogen and oxygen atoms in total. The van der Waals surface area contributed by atoms with Gasteiger partial charge in [0, 0.05) is 22.8 Å². The van der Waals surface area contributed by atoms with E-state index >= 15 is 0 Å². The number of fused-ring (bicyclic) bond motifs is 1. The van der Waals surface area contributed by atoms with Crippen molar-refractivity contribution in [2.24, 2.45) is 0 Å². The lowest BCUT2D eigenvalue weighted by Crippen LogP contribution is -2.09. The molecule has 1 N–H and O–H groups in total. The molecule has 2 aromatic carbocycles. The molecule has 0 atom stereocenters. The second-order valence-electron chi connectivity index (χ2n) is 5.26. The Kier molecular flexibility index (Phi) is 4.10. The van der Waals surface area contributed by atoms with Crippen molar-refractivity contribution < 1.29 is 9.53 Å². The Balaban J connectivity index is 1.46. The van der Waals surface area contributed by atoms with E-state index in [2.05, 4.69) is 15.3 Å². The summed E-state index contributed by atoms with van der Waals surface area (Å²) in [6, 6.07) is 18.9. The van der Waals surface area contributed by atoms with Gasteiger partial charge in [-0.3, -0.25) is 4.79 Å². The number of aromatic nitrogens is 2. The first-order valence-electron chi connectivity index (χ1n) is 7.63. The molecule has 4 rings (SSSR count). The number of nitrogens with one attached hydrogen (secondary N) is 1. The van der Waals surface area contributed by atoms with E-state index in [1.807, 2.05) is 30.3 Å². The normalized spacial score (nSPS) is 10.6. The Morgan fingerprint density at radius 1 is 0.960 bits per heavy atom. The second kappa shape index (κ2) is 6.70. The summed E-state index contributed by atoms with van der Waals surface area (Å²) in [5.41, 5.74) is 0.698. The van der Waals surface area contributed by atoms with Crippen LogP contribution in [0.1, 0.15) is 9.67 Å². The van der Waals surface area contributed by atoms with Crippen molar-refractivity contribution >= 4 is 33.0 Å². The first kappa shape index (κ1) is 15.3. The number of carbonyl (C=O) groups excluding carboxylic acids is 1. The number of anilines is 1. The molecular formula is C19H13N3O2S. The number of nitrogens with zero attached hydrogens (tertiary/aromatic N) is 2. The maximum absolute atomic E-state index is 12.4. The van der Waals surface area contributed by atoms with Gasteiger partial charge in [-0.25, -0.2) is 9.97 Å². The lowest BCUT2D eigenvalue weighted by Gasteiger charge is -2.06. The van der Waals surface area contributed by atoms with Crippen LogP contribution in [0.25, 0.3) is 10.1 Å². The third-order valence-corrected chi connectivity index (χ3v) is 4.63. The number of rotatable bonds is 4. The molecule has 4 aromatic rings. The van der Waals surface area contributed by atoms with Crippen LogP contribution in [-0.4, -0.2) is 15.9 Å². The van der Waals surface area contributed by atoms with Crippen molar-refractivity contribution in [3.8, 4) is 11.8 Å². The molecule has 0 aliphatic rings. The van der Waals surface area contributed by atoms with Crippen molar-refractivity contribution in [2.45, 2.75) is 0 Å². The number of thiophene rings is 1. The summed E-state index contributed by atoms with van der Waals surface area (Å²) in [5, 5.41) is 3.97. The molecule has 0 bridgehead atoms. The van der Waals surface area contributed by atoms with Crippen LogP contribution in [0.15, 0.2) is 73.1 Å². The molecule has 6 heteroatoms. The van der Waals surface area contributed by atoms with Gasteiger partial charge in [0.15, 0.2) is 0 Å². The van der Waals surface area contributed by atoms with Gasteiger partial charge in [0.25, 0.3) is 5.91 Å². The molecule has 0 saturated heterocycles. The minimum absolute atomic E-state index is 0.124. The van der Waals surface area contributed by atoms with E-state index < -0.39 is 0 Å². The number of benzene rings is 2. The van der Waals surface area contributed by atoms with Crippen LogP contribution in [-0.2, 0) is 0 Å². The number of carbonyl (C=O) groups is 1. The van der Waals surface area contributed by atoms with Crippen LogP contribution in [0.3, 0.4) is 0 Å². The highest BCUT2D eigenvalue weighted by Crippen LogP contribution is 2.26. The molecule has 25 heavy (non-hydrogen) atoms. The predicted molar refractivity (Wildman–Crippen MR) is 98.3 cm³/mol. The number of hydrogen-bond donors (Lipinski definition) is 1. The lowest BCUT2D eigenvalue weighted by molar-refractivity contribution is 0.103. The van der Waals surface area contributed by atoms with Crippen LogP contribution >= 0.6 is 11.3 Å². The third-order valence-electron chi connectivity index (χ3n) is 3.51. The summed E-state index contributed by atoms with van der Waals surface area (Å²) < 4.78 is 6.63. The number of ether oxygens (including phenoxy) is 1. The fourth-order valence-corrected chi connectivity index (χ4v) is 3.29. The maximum atomic E-state index is 12.4. The van der Waals surface area contributed by atoms with Gasteiger partial charge in [-0.1, -0.05) is 18.2 Å². The van der Waals surface area contributed by atoms with Gasteiger partial charge in [-0.2, -0.15) is 0 Å². The molecule has 0 aliphatic heterocycles. The average Bonchev–Trinajstić information content (AvgIpc) is 3.09. The average molecular weight is 347 g/mol. The molecule has 0 unspecified atom stereocenters. The maximum Gasteiger partial charge on any atom is 0.321 e. The molecular weight excluding hydrogens is 334 g/mol. The molecule has 0 fully saturated rings. The Morgan fingerprint density at radius 3 is 2.48 bits per heavy atom. The summed E-state index contributed by atoms with van der Waals surface area (Å²) in [7, 11) is 0. The highest BCUT2D eigenvalue weighted by molar-refractivity contribution is 7.20. The van der Waals surface area contributed by atoms with E-state index in [-0.39, 0.29) is 11.9 Å². The van der Waals surface area contributed by atoms with Gasteiger partial charge >= 0.3 is 6.01 Å². The number of hydrogen-bond acceptors (Lipinski definition) is 5. The van der Waals surface area contributed by atoms with E-state index in [9.17, 15) is 4.79 Å². The molecule has 2 heterocycles. The SMILES string of the molecule is O=C(Nc1ccc(Oc2ncccn2)cc1)c1cc2ccccc2s1. The van der Waals surface area contributed by atoms with E-state index in [4.69, 9.17) is 4.74 Å². The summed E-state index contributed by atoms with van der Waals surface area (Å²) in [5.74, 6) is 0.479. The quantitative estimate of drug-likeness (QED) is 0.579. The van der Waals surface area contributed by atoms with Gasteiger partial charge in [-0.05, 0) is 47.9 Å². The van der Waals surface area contributed by atoms with Crippen LogP contribution in [0.2, 0.25) is 0 Å². The van der Waals surface area contributed by atoms with Crippen molar-refractivity contribution in [1.82, 2.24) is 9.97 Å². The summed E-state index contributed by atoms with van der Waals surface area (Å²) >= 11 is 1.48. The van der Waals surface area contributed by atoms with Gasteiger partial charge in [0.2, 0.25) is 0 Å². The van der Waals surface area contributed by atoms with Crippen molar-refractivity contribution in [2.75, 3.05) is 5.32 Å². The zero-order chi connectivity index (χ0) is 17.1. The van der Waals surface area contributed by atoms with Gasteiger partial charge < -0.3 is 10.1 Å². The molecule has 0 saturated carbocycles. The van der Waals surface area contributed by atoms with Gasteiger partial charge in [0.05, 0.1) is 4.88 Å². The summed E-state index contributed by atoms with van der Waals surface area (Å²) in [6.07, 6.45) is 3.23. The van der Waals surface area contributed by atoms with E-state index in [0.717, 1.165) is 10.1 Å². The monoisotopic (exact) mass is 347 g/mol. The zero-order valence-corrected chi connectivity index (χ0v) is 13.9. The highest BCUT2D eigenvalue weighted by Gasteiger charge is 2.10. The largest absolute Gasteiger partial charge is 0.424 e. The molecule has 1 amide bonds. The van der Waals surface area contributed by atoms with Crippen molar-refractivity contribution in [1.29, 1.82) is 0 Å². The predicted octanol–water partition coefficient (Wildman–Crippen LogP) is 4.74. The lowest BCUT2D eigenvalue weighted by atomic mass is 10.2. The van der Waals surface area contributed by atoms with E-state index in [1.165, 1.54) is 11.3 Å². The molecule has 0 spiro atoms. The van der Waals surface area contributed by atoms with Crippen molar-refractivity contribution in [3.05, 3.63) is 77.9 Å². The third kappa shape index (κ3) is 3.49. The minimum Gasteiger partial charge on any atom is -0.424 e. The van der Waals surface area contributed by atoms with Gasteiger partial charge in [-0.15, -0.1) is 11.3 Å². The minimum atomic E-state index is -0.124. The second-order valence-corrected chi connectivity index (χ2v) is 6.34. The topological polar surface area (TPSA) is 64.1 Å². The number of amides is 1. The molecule has 0 aliphatic carbocycles. The van der Waals surface area contributed by atoms with Crippen LogP contribution in [0.4, 0.5) is 5.69 Å². The molecule has 122 valence electrons.